The van der Waals surface area contributed by atoms with E-state index < -0.39 is 11.8 Å². The highest BCUT2D eigenvalue weighted by atomic mass is 16.2. The standard InChI is InChI=1S/C11H20N2O2/c1-2-12-10(14)11(15)13-9-7-5-3-4-6-8-9/h9H,2-8H2,1H3,(H,12,14)(H,13,15). The van der Waals surface area contributed by atoms with E-state index in [-0.39, 0.29) is 6.04 Å². The van der Waals surface area contributed by atoms with Gasteiger partial charge >= 0.3 is 11.8 Å². The van der Waals surface area contributed by atoms with Gasteiger partial charge in [-0.2, -0.15) is 0 Å². The zero-order valence-corrected chi connectivity index (χ0v) is 9.34. The molecule has 0 heterocycles. The normalized spacial score (nSPS) is 17.9. The highest BCUT2D eigenvalue weighted by Gasteiger charge is 2.18. The van der Waals surface area contributed by atoms with Gasteiger partial charge < -0.3 is 10.6 Å². The molecule has 0 aromatic rings. The lowest BCUT2D eigenvalue weighted by atomic mass is 10.1. The van der Waals surface area contributed by atoms with Crippen LogP contribution in [-0.4, -0.2) is 24.4 Å². The van der Waals surface area contributed by atoms with Crippen LogP contribution in [0.2, 0.25) is 0 Å². The third-order valence-electron chi connectivity index (χ3n) is 2.73. The SMILES string of the molecule is CCNC(=O)C(=O)NC1CCCCCC1. The molecular formula is C11H20N2O2. The lowest BCUT2D eigenvalue weighted by molar-refractivity contribution is -0.139. The van der Waals surface area contributed by atoms with Crippen LogP contribution >= 0.6 is 0 Å². The summed E-state index contributed by atoms with van der Waals surface area (Å²) in [5.41, 5.74) is 0. The van der Waals surface area contributed by atoms with Crippen LogP contribution in [-0.2, 0) is 9.59 Å². The molecule has 4 nitrogen and oxygen atoms in total. The summed E-state index contributed by atoms with van der Waals surface area (Å²) in [5, 5.41) is 5.29. The van der Waals surface area contributed by atoms with Gasteiger partial charge in [-0.1, -0.05) is 25.7 Å². The summed E-state index contributed by atoms with van der Waals surface area (Å²) in [7, 11) is 0. The summed E-state index contributed by atoms with van der Waals surface area (Å²) in [6, 6.07) is 0.197. The van der Waals surface area contributed by atoms with E-state index in [4.69, 9.17) is 0 Å². The van der Waals surface area contributed by atoms with Gasteiger partial charge in [0.2, 0.25) is 0 Å². The summed E-state index contributed by atoms with van der Waals surface area (Å²) < 4.78 is 0. The summed E-state index contributed by atoms with van der Waals surface area (Å²) in [5.74, 6) is -0.995. The first-order valence-corrected chi connectivity index (χ1v) is 5.82. The summed E-state index contributed by atoms with van der Waals surface area (Å²) >= 11 is 0. The molecule has 1 aliphatic rings. The van der Waals surface area contributed by atoms with Gasteiger partial charge in [0.15, 0.2) is 0 Å². The highest BCUT2D eigenvalue weighted by Crippen LogP contribution is 2.16. The van der Waals surface area contributed by atoms with E-state index >= 15 is 0 Å². The number of carbonyl (C=O) groups excluding carboxylic acids is 2. The van der Waals surface area contributed by atoms with Crippen molar-refractivity contribution in [2.45, 2.75) is 51.5 Å². The number of hydrogen-bond acceptors (Lipinski definition) is 2. The second-order valence-corrected chi connectivity index (χ2v) is 4.02. The third kappa shape index (κ3) is 4.32. The van der Waals surface area contributed by atoms with E-state index in [1.165, 1.54) is 12.8 Å². The summed E-state index contributed by atoms with van der Waals surface area (Å²) in [4.78, 5) is 22.6. The van der Waals surface area contributed by atoms with Crippen LogP contribution < -0.4 is 10.6 Å². The molecule has 2 amide bonds. The smallest absolute Gasteiger partial charge is 0.309 e. The molecule has 2 N–H and O–H groups in total. The van der Waals surface area contributed by atoms with Crippen molar-refractivity contribution in [3.05, 3.63) is 0 Å². The second kappa shape index (κ2) is 6.43. The van der Waals surface area contributed by atoms with Crippen LogP contribution in [0.25, 0.3) is 0 Å². The van der Waals surface area contributed by atoms with Crippen LogP contribution in [0.15, 0.2) is 0 Å². The van der Waals surface area contributed by atoms with Gasteiger partial charge in [0.25, 0.3) is 0 Å². The molecule has 0 spiro atoms. The Morgan fingerprint density at radius 3 is 2.20 bits per heavy atom. The minimum atomic E-state index is -0.512. The van der Waals surface area contributed by atoms with E-state index in [2.05, 4.69) is 10.6 Å². The highest BCUT2D eigenvalue weighted by molar-refractivity contribution is 6.35. The molecule has 0 aromatic heterocycles. The fourth-order valence-corrected chi connectivity index (χ4v) is 1.92. The molecule has 1 saturated carbocycles. The van der Waals surface area contributed by atoms with Gasteiger partial charge in [0, 0.05) is 12.6 Å². The molecule has 1 fully saturated rings. The molecule has 0 atom stereocenters. The Kier molecular flexibility index (Phi) is 5.15. The first-order valence-electron chi connectivity index (χ1n) is 5.82. The van der Waals surface area contributed by atoms with Crippen molar-refractivity contribution >= 4 is 11.8 Å². The lowest BCUT2D eigenvalue weighted by Gasteiger charge is -2.15. The number of amides is 2. The molecule has 1 rings (SSSR count). The maximum absolute atomic E-state index is 11.4. The number of nitrogens with one attached hydrogen (secondary N) is 2. The van der Waals surface area contributed by atoms with E-state index in [1.807, 2.05) is 0 Å². The molecule has 86 valence electrons. The first-order chi connectivity index (χ1) is 7.24. The average molecular weight is 212 g/mol. The van der Waals surface area contributed by atoms with Gasteiger partial charge in [-0.3, -0.25) is 9.59 Å². The number of rotatable bonds is 2. The van der Waals surface area contributed by atoms with E-state index in [1.54, 1.807) is 6.92 Å². The largest absolute Gasteiger partial charge is 0.348 e. The van der Waals surface area contributed by atoms with Gasteiger partial charge in [0.05, 0.1) is 0 Å². The third-order valence-corrected chi connectivity index (χ3v) is 2.73. The Labute approximate surface area is 90.8 Å². The lowest BCUT2D eigenvalue weighted by Crippen LogP contribution is -2.44. The Bertz CT molecular complexity index is 221. The maximum Gasteiger partial charge on any atom is 0.309 e. The van der Waals surface area contributed by atoms with Crippen molar-refractivity contribution in [2.24, 2.45) is 0 Å². The number of hydrogen-bond donors (Lipinski definition) is 2. The molecule has 0 unspecified atom stereocenters. The predicted molar refractivity (Wildman–Crippen MR) is 58.3 cm³/mol. The second-order valence-electron chi connectivity index (χ2n) is 4.02. The van der Waals surface area contributed by atoms with Crippen molar-refractivity contribution in [2.75, 3.05) is 6.54 Å². The van der Waals surface area contributed by atoms with Gasteiger partial charge in [-0.05, 0) is 19.8 Å². The molecule has 15 heavy (non-hydrogen) atoms. The molecule has 1 aliphatic carbocycles. The van der Waals surface area contributed by atoms with Crippen molar-refractivity contribution in [1.82, 2.24) is 10.6 Å². The summed E-state index contributed by atoms with van der Waals surface area (Å²) in [6.45, 7) is 2.30. The minimum absolute atomic E-state index is 0.197. The van der Waals surface area contributed by atoms with Crippen LogP contribution in [0.4, 0.5) is 0 Å². The molecule has 0 aromatic carbocycles. The Morgan fingerprint density at radius 2 is 1.67 bits per heavy atom. The van der Waals surface area contributed by atoms with Gasteiger partial charge in [0.1, 0.15) is 0 Å². The fraction of sp³-hybridized carbons (Fsp3) is 0.818. The zero-order valence-electron chi connectivity index (χ0n) is 9.34. The molecule has 4 heteroatoms. The van der Waals surface area contributed by atoms with Crippen molar-refractivity contribution in [1.29, 1.82) is 0 Å². The van der Waals surface area contributed by atoms with Crippen LogP contribution in [0.3, 0.4) is 0 Å². The predicted octanol–water partition coefficient (Wildman–Crippen LogP) is 0.961. The number of carbonyl (C=O) groups is 2. The summed E-state index contributed by atoms with van der Waals surface area (Å²) in [6.07, 6.45) is 6.80. The van der Waals surface area contributed by atoms with E-state index in [0.29, 0.717) is 6.54 Å². The van der Waals surface area contributed by atoms with Gasteiger partial charge in [-0.15, -0.1) is 0 Å². The van der Waals surface area contributed by atoms with Crippen molar-refractivity contribution in [3.8, 4) is 0 Å². The quantitative estimate of drug-likeness (QED) is 0.529. The Morgan fingerprint density at radius 1 is 1.07 bits per heavy atom. The molecular weight excluding hydrogens is 192 g/mol. The topological polar surface area (TPSA) is 58.2 Å². The van der Waals surface area contributed by atoms with Crippen molar-refractivity contribution in [3.63, 3.8) is 0 Å². The van der Waals surface area contributed by atoms with E-state index in [9.17, 15) is 9.59 Å². The molecule has 0 radical (unpaired) electrons. The molecule has 0 saturated heterocycles. The molecule has 0 bridgehead atoms. The van der Waals surface area contributed by atoms with Crippen LogP contribution in [0.1, 0.15) is 45.4 Å². The van der Waals surface area contributed by atoms with Crippen molar-refractivity contribution < 1.29 is 9.59 Å². The average Bonchev–Trinajstić information content (AvgIpc) is 2.46. The first kappa shape index (κ1) is 12.0. The Hall–Kier alpha value is -1.06. The van der Waals surface area contributed by atoms with Gasteiger partial charge in [-0.25, -0.2) is 0 Å². The number of likely N-dealkylation sites (N-methyl/N-ethyl adjacent to an activating group) is 1. The fourth-order valence-electron chi connectivity index (χ4n) is 1.92. The maximum atomic E-state index is 11.4. The van der Waals surface area contributed by atoms with Crippen LogP contribution in [0, 0.1) is 0 Å². The monoisotopic (exact) mass is 212 g/mol. The Balaban J connectivity index is 2.32. The zero-order chi connectivity index (χ0) is 11.1. The van der Waals surface area contributed by atoms with Crippen LogP contribution in [0.5, 0.6) is 0 Å². The molecule has 0 aliphatic heterocycles. The minimum Gasteiger partial charge on any atom is -0.348 e. The van der Waals surface area contributed by atoms with E-state index in [0.717, 1.165) is 25.7 Å².